The molecule has 0 unspecified atom stereocenters. The average Bonchev–Trinajstić information content (AvgIpc) is 2.53. The Morgan fingerprint density at radius 3 is 2.50 bits per heavy atom. The lowest BCUT2D eigenvalue weighted by molar-refractivity contribution is -0.152. The molecule has 0 saturated heterocycles. The summed E-state index contributed by atoms with van der Waals surface area (Å²) >= 11 is 0. The number of hydrogen-bond acceptors (Lipinski definition) is 2. The first-order valence-corrected chi connectivity index (χ1v) is 7.42. The number of amides is 2. The van der Waals surface area contributed by atoms with Crippen molar-refractivity contribution in [2.45, 2.75) is 32.1 Å². The molecule has 1 atom stereocenters. The third kappa shape index (κ3) is 5.26. The maximum absolute atomic E-state index is 13.1. The zero-order chi connectivity index (χ0) is 17.6. The Hall–Kier alpha value is -2.57. The summed E-state index contributed by atoms with van der Waals surface area (Å²) in [7, 11) is 0. The molecule has 0 spiro atoms. The van der Waals surface area contributed by atoms with Gasteiger partial charge in [0.25, 0.3) is 0 Å². The van der Waals surface area contributed by atoms with E-state index in [-0.39, 0.29) is 13.0 Å². The number of nitrogens with zero attached hydrogens (tertiary/aromatic N) is 1. The van der Waals surface area contributed by atoms with Gasteiger partial charge < -0.3 is 10.6 Å². The van der Waals surface area contributed by atoms with Gasteiger partial charge in [0.15, 0.2) is 0 Å². The largest absolute Gasteiger partial charge is 0.408 e. The molecular weight excluding hydrogens is 319 g/mol. The van der Waals surface area contributed by atoms with E-state index >= 15 is 0 Å². The number of alkyl halides is 3. The number of pyridine rings is 1. The Kier molecular flexibility index (Phi) is 5.78. The number of aromatic nitrogens is 1. The van der Waals surface area contributed by atoms with Crippen molar-refractivity contribution in [1.82, 2.24) is 15.6 Å². The van der Waals surface area contributed by atoms with Crippen molar-refractivity contribution >= 4 is 6.03 Å². The molecule has 0 saturated carbocycles. The Bertz CT molecular complexity index is 674. The third-order valence-electron chi connectivity index (χ3n) is 3.52. The van der Waals surface area contributed by atoms with Crippen molar-refractivity contribution in [1.29, 1.82) is 0 Å². The minimum absolute atomic E-state index is 0.0639. The van der Waals surface area contributed by atoms with Crippen molar-refractivity contribution in [2.24, 2.45) is 0 Å². The molecule has 7 heteroatoms. The van der Waals surface area contributed by atoms with E-state index in [2.05, 4.69) is 10.3 Å². The van der Waals surface area contributed by atoms with Gasteiger partial charge in [-0.25, -0.2) is 4.79 Å². The van der Waals surface area contributed by atoms with Crippen LogP contribution >= 0.6 is 0 Å². The van der Waals surface area contributed by atoms with Crippen LogP contribution in [0.4, 0.5) is 18.0 Å². The van der Waals surface area contributed by atoms with Crippen LogP contribution in [0.2, 0.25) is 0 Å². The van der Waals surface area contributed by atoms with Gasteiger partial charge in [-0.05, 0) is 24.1 Å². The molecule has 2 aromatic rings. The van der Waals surface area contributed by atoms with Gasteiger partial charge in [0.2, 0.25) is 0 Å². The lowest BCUT2D eigenvalue weighted by Gasteiger charge is -2.22. The first kappa shape index (κ1) is 17.8. The summed E-state index contributed by atoms with van der Waals surface area (Å²) in [6.07, 6.45) is -3.29. The van der Waals surface area contributed by atoms with E-state index in [1.165, 1.54) is 0 Å². The van der Waals surface area contributed by atoms with E-state index < -0.39 is 18.2 Å². The number of urea groups is 1. The normalized spacial score (nSPS) is 12.5. The topological polar surface area (TPSA) is 54.0 Å². The van der Waals surface area contributed by atoms with Crippen molar-refractivity contribution in [3.63, 3.8) is 0 Å². The van der Waals surface area contributed by atoms with Crippen LogP contribution in [0.15, 0.2) is 48.7 Å². The molecule has 1 aromatic carbocycles. The minimum Gasteiger partial charge on any atom is -0.332 e. The van der Waals surface area contributed by atoms with Gasteiger partial charge in [-0.2, -0.15) is 13.2 Å². The molecule has 4 nitrogen and oxygen atoms in total. The third-order valence-corrected chi connectivity index (χ3v) is 3.52. The van der Waals surface area contributed by atoms with Crippen LogP contribution in [0, 0.1) is 6.92 Å². The van der Waals surface area contributed by atoms with Crippen molar-refractivity contribution < 1.29 is 18.0 Å². The maximum Gasteiger partial charge on any atom is 0.408 e. The molecule has 0 aliphatic heterocycles. The van der Waals surface area contributed by atoms with Crippen LogP contribution in [0.3, 0.4) is 0 Å². The first-order chi connectivity index (χ1) is 11.4. The second kappa shape index (κ2) is 7.81. The van der Waals surface area contributed by atoms with Gasteiger partial charge in [-0.15, -0.1) is 0 Å². The smallest absolute Gasteiger partial charge is 0.332 e. The molecule has 1 aromatic heterocycles. The molecule has 0 radical (unpaired) electrons. The molecule has 2 amide bonds. The summed E-state index contributed by atoms with van der Waals surface area (Å²) in [4.78, 5) is 15.9. The number of benzene rings is 1. The van der Waals surface area contributed by atoms with E-state index in [9.17, 15) is 18.0 Å². The average molecular weight is 337 g/mol. The molecule has 0 aliphatic rings. The number of halogens is 3. The highest BCUT2D eigenvalue weighted by Crippen LogP contribution is 2.23. The monoisotopic (exact) mass is 337 g/mol. The second-order valence-electron chi connectivity index (χ2n) is 5.38. The molecular formula is C17H18F3N3O. The summed E-state index contributed by atoms with van der Waals surface area (Å²) < 4.78 is 39.4. The van der Waals surface area contributed by atoms with Crippen molar-refractivity contribution in [3.05, 3.63) is 65.5 Å². The number of aryl methyl sites for hydroxylation is 1. The van der Waals surface area contributed by atoms with Crippen LogP contribution in [-0.2, 0) is 13.0 Å². The highest BCUT2D eigenvalue weighted by atomic mass is 19.4. The first-order valence-electron chi connectivity index (χ1n) is 7.42. The van der Waals surface area contributed by atoms with Crippen LogP contribution < -0.4 is 10.6 Å². The molecule has 128 valence electrons. The van der Waals surface area contributed by atoms with Crippen molar-refractivity contribution in [2.75, 3.05) is 0 Å². The maximum atomic E-state index is 13.1. The zero-order valence-corrected chi connectivity index (χ0v) is 13.1. The lowest BCUT2D eigenvalue weighted by atomic mass is 10.1. The molecule has 1 heterocycles. The number of hydrogen-bond donors (Lipinski definition) is 2. The standard InChI is InChI=1S/C17H18F3N3O/c1-12-6-5-9-21-14(12)11-22-16(24)23-15(17(18,19)20)10-13-7-3-2-4-8-13/h2-9,15H,10-11H2,1H3,(H2,22,23,24)/t15-/m1/s1. The van der Waals surface area contributed by atoms with Crippen LogP contribution in [0.1, 0.15) is 16.8 Å². The highest BCUT2D eigenvalue weighted by Gasteiger charge is 2.40. The number of carbonyl (C=O) groups excluding carboxylic acids is 1. The molecule has 0 bridgehead atoms. The van der Waals surface area contributed by atoms with Crippen LogP contribution in [0.5, 0.6) is 0 Å². The van der Waals surface area contributed by atoms with Gasteiger partial charge in [-0.3, -0.25) is 4.98 Å². The van der Waals surface area contributed by atoms with E-state index in [0.29, 0.717) is 11.3 Å². The van der Waals surface area contributed by atoms with E-state index in [0.717, 1.165) is 5.56 Å². The van der Waals surface area contributed by atoms with Gasteiger partial charge in [0.05, 0.1) is 12.2 Å². The molecule has 24 heavy (non-hydrogen) atoms. The Morgan fingerprint density at radius 1 is 1.17 bits per heavy atom. The lowest BCUT2D eigenvalue weighted by Crippen LogP contribution is -2.50. The highest BCUT2D eigenvalue weighted by molar-refractivity contribution is 5.74. The quantitative estimate of drug-likeness (QED) is 0.879. The van der Waals surface area contributed by atoms with Gasteiger partial charge in [0, 0.05) is 12.6 Å². The Morgan fingerprint density at radius 2 is 1.88 bits per heavy atom. The summed E-state index contributed by atoms with van der Waals surface area (Å²) in [6.45, 7) is 1.88. The van der Waals surface area contributed by atoms with E-state index in [1.54, 1.807) is 42.6 Å². The minimum atomic E-state index is -4.53. The number of carbonyl (C=O) groups is 1. The molecule has 0 aliphatic carbocycles. The van der Waals surface area contributed by atoms with Gasteiger partial charge >= 0.3 is 12.2 Å². The van der Waals surface area contributed by atoms with Crippen LogP contribution in [-0.4, -0.2) is 23.2 Å². The van der Waals surface area contributed by atoms with Gasteiger partial charge in [-0.1, -0.05) is 36.4 Å². The number of nitrogens with one attached hydrogen (secondary N) is 2. The molecule has 2 N–H and O–H groups in total. The summed E-state index contributed by atoms with van der Waals surface area (Å²) in [6, 6.07) is 8.96. The second-order valence-corrected chi connectivity index (χ2v) is 5.38. The molecule has 0 fully saturated rings. The predicted octanol–water partition coefficient (Wildman–Crippen LogP) is 3.36. The predicted molar refractivity (Wildman–Crippen MR) is 84.3 cm³/mol. The van der Waals surface area contributed by atoms with E-state index in [1.807, 2.05) is 18.3 Å². The van der Waals surface area contributed by atoms with Gasteiger partial charge in [0.1, 0.15) is 6.04 Å². The zero-order valence-electron chi connectivity index (χ0n) is 13.1. The van der Waals surface area contributed by atoms with E-state index in [4.69, 9.17) is 0 Å². The fourth-order valence-electron chi connectivity index (χ4n) is 2.18. The summed E-state index contributed by atoms with van der Waals surface area (Å²) in [5.74, 6) is 0. The SMILES string of the molecule is Cc1cccnc1CNC(=O)N[C@H](Cc1ccccc1)C(F)(F)F. The fraction of sp³-hybridized carbons (Fsp3) is 0.294. The van der Waals surface area contributed by atoms with Crippen molar-refractivity contribution in [3.8, 4) is 0 Å². The summed E-state index contributed by atoms with van der Waals surface area (Å²) in [5.41, 5.74) is 1.97. The van der Waals surface area contributed by atoms with Crippen LogP contribution in [0.25, 0.3) is 0 Å². The number of rotatable bonds is 5. The summed E-state index contributed by atoms with van der Waals surface area (Å²) in [5, 5.41) is 4.41. The Balaban J connectivity index is 1.96. The Labute approximate surface area is 138 Å². The molecule has 2 rings (SSSR count). The fourth-order valence-corrected chi connectivity index (χ4v) is 2.18.